The van der Waals surface area contributed by atoms with E-state index in [2.05, 4.69) is 0 Å². The maximum absolute atomic E-state index is 14.0. The van der Waals surface area contributed by atoms with E-state index in [1.807, 2.05) is 0 Å². The number of rotatable bonds is 3. The highest BCUT2D eigenvalue weighted by Gasteiger charge is 2.49. The molecule has 0 aromatic heterocycles. The molecule has 17 heavy (non-hydrogen) atoms. The fourth-order valence-electron chi connectivity index (χ4n) is 2.78. The Morgan fingerprint density at radius 1 is 1.47 bits per heavy atom. The van der Waals surface area contributed by atoms with Gasteiger partial charge in [-0.2, -0.15) is 0 Å². The smallest absolute Gasteiger partial charge is 0.304 e. The van der Waals surface area contributed by atoms with Gasteiger partial charge < -0.3 is 9.84 Å². The maximum atomic E-state index is 14.0. The van der Waals surface area contributed by atoms with Gasteiger partial charge in [0.15, 0.2) is 0 Å². The number of ether oxygens (including phenoxy) is 1. The standard InChI is InChI=1S/C13H13FO3/c14-9-1-2-10-8(3-6-17-10)12(9)13(4-5-13)7-11(15)16/h1-2H,3-7H2,(H,15,16). The van der Waals surface area contributed by atoms with Crippen molar-refractivity contribution < 1.29 is 19.0 Å². The van der Waals surface area contributed by atoms with Crippen molar-refractivity contribution in [2.75, 3.05) is 6.61 Å². The molecule has 90 valence electrons. The van der Waals surface area contributed by atoms with Gasteiger partial charge in [0.2, 0.25) is 0 Å². The van der Waals surface area contributed by atoms with Gasteiger partial charge in [0.25, 0.3) is 0 Å². The number of benzene rings is 1. The van der Waals surface area contributed by atoms with Crippen molar-refractivity contribution in [2.24, 2.45) is 0 Å². The van der Waals surface area contributed by atoms with Crippen molar-refractivity contribution in [3.05, 3.63) is 29.1 Å². The van der Waals surface area contributed by atoms with Gasteiger partial charge in [-0.1, -0.05) is 0 Å². The lowest BCUT2D eigenvalue weighted by Crippen LogP contribution is -2.16. The average Bonchev–Trinajstić information content (AvgIpc) is 2.87. The van der Waals surface area contributed by atoms with E-state index in [4.69, 9.17) is 9.84 Å². The van der Waals surface area contributed by atoms with Crippen LogP contribution in [0.5, 0.6) is 5.75 Å². The van der Waals surface area contributed by atoms with Crippen LogP contribution in [0.4, 0.5) is 4.39 Å². The predicted octanol–water partition coefficient (Wildman–Crippen LogP) is 2.27. The zero-order valence-electron chi connectivity index (χ0n) is 9.33. The summed E-state index contributed by atoms with van der Waals surface area (Å²) >= 11 is 0. The molecule has 1 aliphatic carbocycles. The summed E-state index contributed by atoms with van der Waals surface area (Å²) in [4.78, 5) is 10.9. The highest BCUT2D eigenvalue weighted by Crippen LogP contribution is 2.54. The molecule has 0 atom stereocenters. The molecule has 0 unspecified atom stereocenters. The van der Waals surface area contributed by atoms with Crippen molar-refractivity contribution in [1.82, 2.24) is 0 Å². The molecular weight excluding hydrogens is 223 g/mol. The molecule has 0 spiro atoms. The van der Waals surface area contributed by atoms with Gasteiger partial charge in [0, 0.05) is 23.0 Å². The number of carboxylic acids is 1. The third kappa shape index (κ3) is 1.59. The van der Waals surface area contributed by atoms with Crippen LogP contribution >= 0.6 is 0 Å². The van der Waals surface area contributed by atoms with Gasteiger partial charge in [-0.05, 0) is 25.0 Å². The molecule has 0 radical (unpaired) electrons. The second-order valence-electron chi connectivity index (χ2n) is 4.85. The first-order valence-electron chi connectivity index (χ1n) is 5.79. The molecule has 1 heterocycles. The minimum absolute atomic E-state index is 0.0143. The normalized spacial score (nSPS) is 19.6. The van der Waals surface area contributed by atoms with Gasteiger partial charge in [0.05, 0.1) is 13.0 Å². The monoisotopic (exact) mass is 236 g/mol. The van der Waals surface area contributed by atoms with Crippen LogP contribution in [0.15, 0.2) is 12.1 Å². The highest BCUT2D eigenvalue weighted by molar-refractivity contribution is 5.70. The van der Waals surface area contributed by atoms with Gasteiger partial charge in [-0.3, -0.25) is 4.79 Å². The van der Waals surface area contributed by atoms with E-state index >= 15 is 0 Å². The SMILES string of the molecule is O=C(O)CC1(c2c(F)ccc3c2CCO3)CC1. The van der Waals surface area contributed by atoms with Crippen molar-refractivity contribution in [1.29, 1.82) is 0 Å². The molecule has 1 aromatic carbocycles. The topological polar surface area (TPSA) is 46.5 Å². The number of fused-ring (bicyclic) bond motifs is 1. The summed E-state index contributed by atoms with van der Waals surface area (Å²) in [6.45, 7) is 0.564. The second-order valence-corrected chi connectivity index (χ2v) is 4.85. The number of carboxylic acid groups (broad SMARTS) is 1. The quantitative estimate of drug-likeness (QED) is 0.875. The van der Waals surface area contributed by atoms with Crippen LogP contribution in [0, 0.1) is 5.82 Å². The number of carbonyl (C=O) groups is 1. The highest BCUT2D eigenvalue weighted by atomic mass is 19.1. The number of hydrogen-bond donors (Lipinski definition) is 1. The van der Waals surface area contributed by atoms with E-state index in [-0.39, 0.29) is 12.2 Å². The van der Waals surface area contributed by atoms with Crippen LogP contribution in [-0.2, 0) is 16.6 Å². The fourth-order valence-corrected chi connectivity index (χ4v) is 2.78. The zero-order chi connectivity index (χ0) is 12.0. The number of halogens is 1. The maximum Gasteiger partial charge on any atom is 0.304 e. The van der Waals surface area contributed by atoms with Gasteiger partial charge in [-0.25, -0.2) is 4.39 Å². The van der Waals surface area contributed by atoms with Gasteiger partial charge >= 0.3 is 5.97 Å². The summed E-state index contributed by atoms with van der Waals surface area (Å²) in [6.07, 6.45) is 2.21. The fraction of sp³-hybridized carbons (Fsp3) is 0.462. The molecule has 1 saturated carbocycles. The Morgan fingerprint density at radius 3 is 2.88 bits per heavy atom. The average molecular weight is 236 g/mol. The molecule has 3 nitrogen and oxygen atoms in total. The third-order valence-corrected chi connectivity index (χ3v) is 3.70. The van der Waals surface area contributed by atoms with E-state index in [1.54, 1.807) is 6.07 Å². The first-order chi connectivity index (χ1) is 8.12. The van der Waals surface area contributed by atoms with E-state index in [1.165, 1.54) is 6.07 Å². The summed E-state index contributed by atoms with van der Waals surface area (Å²) in [7, 11) is 0. The molecule has 2 aliphatic rings. The van der Waals surface area contributed by atoms with Gasteiger partial charge in [-0.15, -0.1) is 0 Å². The van der Waals surface area contributed by atoms with Crippen LogP contribution in [0.25, 0.3) is 0 Å². The van der Waals surface area contributed by atoms with Crippen LogP contribution < -0.4 is 4.74 Å². The third-order valence-electron chi connectivity index (χ3n) is 3.70. The van der Waals surface area contributed by atoms with E-state index in [9.17, 15) is 9.18 Å². The minimum Gasteiger partial charge on any atom is -0.493 e. The Bertz CT molecular complexity index is 492. The van der Waals surface area contributed by atoms with E-state index in [0.717, 1.165) is 24.2 Å². The molecule has 1 aliphatic heterocycles. The summed E-state index contributed by atoms with van der Waals surface area (Å²) in [5.41, 5.74) is 0.994. The first kappa shape index (κ1) is 10.6. The first-order valence-corrected chi connectivity index (χ1v) is 5.79. The van der Waals surface area contributed by atoms with E-state index < -0.39 is 11.4 Å². The van der Waals surface area contributed by atoms with Crippen LogP contribution in [-0.4, -0.2) is 17.7 Å². The molecule has 0 saturated heterocycles. The van der Waals surface area contributed by atoms with Crippen molar-refractivity contribution in [2.45, 2.75) is 31.1 Å². The van der Waals surface area contributed by atoms with Gasteiger partial charge in [0.1, 0.15) is 11.6 Å². The summed E-state index contributed by atoms with van der Waals surface area (Å²) in [5.74, 6) is -0.426. The van der Waals surface area contributed by atoms with Crippen molar-refractivity contribution in [3.63, 3.8) is 0 Å². The van der Waals surface area contributed by atoms with Crippen molar-refractivity contribution >= 4 is 5.97 Å². The van der Waals surface area contributed by atoms with E-state index in [0.29, 0.717) is 18.6 Å². The minimum atomic E-state index is -0.863. The Morgan fingerprint density at radius 2 is 2.24 bits per heavy atom. The Balaban J connectivity index is 2.09. The molecular formula is C13H13FO3. The Hall–Kier alpha value is -1.58. The molecule has 0 bridgehead atoms. The Labute approximate surface area is 98.2 Å². The summed E-state index contributed by atoms with van der Waals surface area (Å²) in [6, 6.07) is 3.03. The number of hydrogen-bond acceptors (Lipinski definition) is 2. The largest absolute Gasteiger partial charge is 0.493 e. The summed E-state index contributed by atoms with van der Waals surface area (Å²) < 4.78 is 19.4. The van der Waals surface area contributed by atoms with Crippen LogP contribution in [0.1, 0.15) is 30.4 Å². The van der Waals surface area contributed by atoms with Crippen molar-refractivity contribution in [3.8, 4) is 5.75 Å². The molecule has 1 N–H and O–H groups in total. The molecule has 3 rings (SSSR count). The van der Waals surface area contributed by atoms with Crippen LogP contribution in [0.3, 0.4) is 0 Å². The molecule has 1 aromatic rings. The lowest BCUT2D eigenvalue weighted by molar-refractivity contribution is -0.137. The molecule has 4 heteroatoms. The predicted molar refractivity (Wildman–Crippen MR) is 58.8 cm³/mol. The lowest BCUT2D eigenvalue weighted by atomic mass is 9.87. The Kier molecular flexibility index (Phi) is 2.15. The zero-order valence-corrected chi connectivity index (χ0v) is 9.33. The summed E-state index contributed by atoms with van der Waals surface area (Å²) in [5, 5.41) is 8.94. The molecule has 0 amide bonds. The number of aliphatic carboxylic acids is 1. The molecule has 1 fully saturated rings. The second kappa shape index (κ2) is 3.45. The lowest BCUT2D eigenvalue weighted by Gasteiger charge is -2.17. The van der Waals surface area contributed by atoms with Crippen LogP contribution in [0.2, 0.25) is 0 Å².